The van der Waals surface area contributed by atoms with Gasteiger partial charge in [-0.05, 0) is 31.2 Å². The third-order valence-corrected chi connectivity index (χ3v) is 3.95. The van der Waals surface area contributed by atoms with Crippen LogP contribution in [-0.4, -0.2) is 29.3 Å². The van der Waals surface area contributed by atoms with E-state index in [1.165, 1.54) is 12.8 Å². The predicted octanol–water partition coefficient (Wildman–Crippen LogP) is 1.48. The summed E-state index contributed by atoms with van der Waals surface area (Å²) in [6.45, 7) is 2.52. The van der Waals surface area contributed by atoms with Crippen LogP contribution in [0.2, 0.25) is 0 Å². The van der Waals surface area contributed by atoms with Crippen LogP contribution in [0.1, 0.15) is 31.4 Å². The average Bonchev–Trinajstić information content (AvgIpc) is 3.24. The lowest BCUT2D eigenvalue weighted by Crippen LogP contribution is -2.58. The summed E-state index contributed by atoms with van der Waals surface area (Å²) >= 11 is 0. The number of amides is 2. The van der Waals surface area contributed by atoms with E-state index in [4.69, 9.17) is 0 Å². The molecule has 1 aromatic rings. The predicted molar refractivity (Wildman–Crippen MR) is 71.2 cm³/mol. The number of hydrogen-bond donors (Lipinski definition) is 1. The molecule has 0 radical (unpaired) electrons. The van der Waals surface area contributed by atoms with Crippen LogP contribution in [-0.2, 0) is 9.59 Å². The van der Waals surface area contributed by atoms with Crippen LogP contribution >= 0.6 is 0 Å². The smallest absolute Gasteiger partial charge is 0.250 e. The van der Waals surface area contributed by atoms with Crippen molar-refractivity contribution in [3.8, 4) is 0 Å². The minimum atomic E-state index is -0.524. The van der Waals surface area contributed by atoms with Crippen molar-refractivity contribution in [1.29, 1.82) is 0 Å². The Morgan fingerprint density at radius 1 is 1.21 bits per heavy atom. The van der Waals surface area contributed by atoms with Crippen molar-refractivity contribution in [2.24, 2.45) is 5.92 Å². The van der Waals surface area contributed by atoms with E-state index in [2.05, 4.69) is 5.32 Å². The molecule has 1 N–H and O–H groups in total. The molecule has 0 bridgehead atoms. The second-order valence-electron chi connectivity index (χ2n) is 5.46. The van der Waals surface area contributed by atoms with Crippen molar-refractivity contribution in [3.05, 3.63) is 35.9 Å². The van der Waals surface area contributed by atoms with Crippen LogP contribution in [0.15, 0.2) is 30.3 Å². The van der Waals surface area contributed by atoms with Gasteiger partial charge in [0, 0.05) is 6.54 Å². The number of piperazine rings is 1. The normalized spacial score (nSPS) is 27.3. The zero-order chi connectivity index (χ0) is 13.4. The Balaban J connectivity index is 1.85. The molecule has 1 aliphatic heterocycles. The lowest BCUT2D eigenvalue weighted by atomic mass is 10.0. The standard InChI is InChI=1S/C15H18N2O2/c1-10-14(18)16-13(12-5-3-2-4-6-12)15(19)17(10)9-11-7-8-11/h2-6,10-11,13H,7-9H2,1H3,(H,16,18). The van der Waals surface area contributed by atoms with Gasteiger partial charge in [-0.3, -0.25) is 9.59 Å². The molecule has 0 spiro atoms. The molecular formula is C15H18N2O2. The first-order valence-corrected chi connectivity index (χ1v) is 6.82. The molecule has 1 heterocycles. The summed E-state index contributed by atoms with van der Waals surface area (Å²) in [7, 11) is 0. The van der Waals surface area contributed by atoms with E-state index >= 15 is 0 Å². The molecule has 2 unspecified atom stereocenters. The molecule has 19 heavy (non-hydrogen) atoms. The maximum absolute atomic E-state index is 12.6. The Labute approximate surface area is 112 Å². The molecule has 4 heteroatoms. The maximum Gasteiger partial charge on any atom is 0.250 e. The number of nitrogens with one attached hydrogen (secondary N) is 1. The highest BCUT2D eigenvalue weighted by Gasteiger charge is 2.40. The van der Waals surface area contributed by atoms with Gasteiger partial charge in [-0.1, -0.05) is 30.3 Å². The topological polar surface area (TPSA) is 49.4 Å². The molecule has 1 aromatic carbocycles. The minimum Gasteiger partial charge on any atom is -0.339 e. The first-order chi connectivity index (χ1) is 9.16. The van der Waals surface area contributed by atoms with Gasteiger partial charge in [0.05, 0.1) is 0 Å². The Hall–Kier alpha value is -1.84. The second kappa shape index (κ2) is 4.68. The summed E-state index contributed by atoms with van der Waals surface area (Å²) in [6, 6.07) is 8.57. The molecular weight excluding hydrogens is 240 g/mol. The molecule has 3 rings (SSSR count). The lowest BCUT2D eigenvalue weighted by Gasteiger charge is -2.37. The zero-order valence-corrected chi connectivity index (χ0v) is 11.0. The number of nitrogens with zero attached hydrogens (tertiary/aromatic N) is 1. The average molecular weight is 258 g/mol. The summed E-state index contributed by atoms with van der Waals surface area (Å²) in [6.07, 6.45) is 2.35. The van der Waals surface area contributed by atoms with E-state index in [0.29, 0.717) is 5.92 Å². The van der Waals surface area contributed by atoms with E-state index in [9.17, 15) is 9.59 Å². The first kappa shape index (κ1) is 12.2. The minimum absolute atomic E-state index is 0.0187. The monoisotopic (exact) mass is 258 g/mol. The quantitative estimate of drug-likeness (QED) is 0.893. The van der Waals surface area contributed by atoms with E-state index < -0.39 is 6.04 Å². The first-order valence-electron chi connectivity index (χ1n) is 6.82. The van der Waals surface area contributed by atoms with E-state index in [1.807, 2.05) is 30.3 Å². The zero-order valence-electron chi connectivity index (χ0n) is 11.0. The molecule has 1 saturated heterocycles. The largest absolute Gasteiger partial charge is 0.339 e. The van der Waals surface area contributed by atoms with Gasteiger partial charge in [-0.25, -0.2) is 0 Å². The lowest BCUT2D eigenvalue weighted by molar-refractivity contribution is -0.149. The van der Waals surface area contributed by atoms with E-state index in [-0.39, 0.29) is 17.9 Å². The highest BCUT2D eigenvalue weighted by atomic mass is 16.2. The second-order valence-corrected chi connectivity index (χ2v) is 5.46. The van der Waals surface area contributed by atoms with Crippen molar-refractivity contribution in [3.63, 3.8) is 0 Å². The highest BCUT2D eigenvalue weighted by Crippen LogP contribution is 2.32. The fourth-order valence-electron chi connectivity index (χ4n) is 2.52. The van der Waals surface area contributed by atoms with Gasteiger partial charge in [0.15, 0.2) is 0 Å². The Bertz CT molecular complexity index is 496. The van der Waals surface area contributed by atoms with Gasteiger partial charge in [-0.2, -0.15) is 0 Å². The summed E-state index contributed by atoms with van der Waals surface area (Å²) in [5, 5.41) is 2.83. The van der Waals surface area contributed by atoms with Crippen LogP contribution in [0, 0.1) is 5.92 Å². The third kappa shape index (κ3) is 2.35. The maximum atomic E-state index is 12.6. The molecule has 100 valence electrons. The summed E-state index contributed by atoms with van der Waals surface area (Å²) < 4.78 is 0. The van der Waals surface area contributed by atoms with Crippen molar-refractivity contribution in [2.45, 2.75) is 31.8 Å². The van der Waals surface area contributed by atoms with E-state index in [1.54, 1.807) is 11.8 Å². The number of carbonyl (C=O) groups is 2. The molecule has 1 saturated carbocycles. The Morgan fingerprint density at radius 2 is 1.89 bits per heavy atom. The number of benzene rings is 1. The molecule has 2 amide bonds. The number of hydrogen-bond acceptors (Lipinski definition) is 2. The molecule has 2 aliphatic rings. The Morgan fingerprint density at radius 3 is 2.53 bits per heavy atom. The molecule has 0 aromatic heterocycles. The molecule has 4 nitrogen and oxygen atoms in total. The highest BCUT2D eigenvalue weighted by molar-refractivity contribution is 5.97. The van der Waals surface area contributed by atoms with Crippen LogP contribution in [0.5, 0.6) is 0 Å². The van der Waals surface area contributed by atoms with Gasteiger partial charge in [0.2, 0.25) is 11.8 Å². The van der Waals surface area contributed by atoms with Gasteiger partial charge >= 0.3 is 0 Å². The van der Waals surface area contributed by atoms with Gasteiger partial charge in [0.25, 0.3) is 0 Å². The molecule has 2 atom stereocenters. The van der Waals surface area contributed by atoms with Gasteiger partial charge < -0.3 is 10.2 Å². The molecule has 1 aliphatic carbocycles. The third-order valence-electron chi connectivity index (χ3n) is 3.95. The van der Waals surface area contributed by atoms with Crippen LogP contribution < -0.4 is 5.32 Å². The van der Waals surface area contributed by atoms with Crippen molar-refractivity contribution in [1.82, 2.24) is 10.2 Å². The Kier molecular flexibility index (Phi) is 3.01. The fraction of sp³-hybridized carbons (Fsp3) is 0.467. The van der Waals surface area contributed by atoms with Gasteiger partial charge in [-0.15, -0.1) is 0 Å². The fourth-order valence-corrected chi connectivity index (χ4v) is 2.52. The van der Waals surface area contributed by atoms with Crippen molar-refractivity contribution in [2.75, 3.05) is 6.54 Å². The van der Waals surface area contributed by atoms with Crippen LogP contribution in [0.3, 0.4) is 0 Å². The SMILES string of the molecule is CC1C(=O)NC(c2ccccc2)C(=O)N1CC1CC1. The van der Waals surface area contributed by atoms with Gasteiger partial charge in [0.1, 0.15) is 12.1 Å². The number of rotatable bonds is 3. The summed E-state index contributed by atoms with van der Waals surface area (Å²) in [4.78, 5) is 26.3. The molecule has 2 fully saturated rings. The van der Waals surface area contributed by atoms with E-state index in [0.717, 1.165) is 12.1 Å². The summed E-state index contributed by atoms with van der Waals surface area (Å²) in [5.74, 6) is 0.549. The van der Waals surface area contributed by atoms with Crippen molar-refractivity contribution < 1.29 is 9.59 Å². The van der Waals surface area contributed by atoms with Crippen LogP contribution in [0.25, 0.3) is 0 Å². The summed E-state index contributed by atoms with van der Waals surface area (Å²) in [5.41, 5.74) is 0.855. The van der Waals surface area contributed by atoms with Crippen LogP contribution in [0.4, 0.5) is 0 Å². The van der Waals surface area contributed by atoms with Crippen molar-refractivity contribution >= 4 is 11.8 Å². The number of carbonyl (C=O) groups excluding carboxylic acids is 2.